The van der Waals surface area contributed by atoms with Gasteiger partial charge in [0.1, 0.15) is 6.61 Å². The summed E-state index contributed by atoms with van der Waals surface area (Å²) in [6.45, 7) is 5.67. The van der Waals surface area contributed by atoms with Crippen molar-refractivity contribution in [2.75, 3.05) is 18.5 Å². The normalized spacial score (nSPS) is 10.1. The van der Waals surface area contributed by atoms with Crippen LogP contribution in [0.3, 0.4) is 0 Å². The summed E-state index contributed by atoms with van der Waals surface area (Å²) in [7, 11) is 0. The number of rotatable bonds is 7. The number of anilines is 1. The lowest BCUT2D eigenvalue weighted by molar-refractivity contribution is -0.138. The van der Waals surface area contributed by atoms with Crippen LogP contribution in [0.2, 0.25) is 5.02 Å². The summed E-state index contributed by atoms with van der Waals surface area (Å²) in [5, 5.41) is 3.52. The first kappa shape index (κ1) is 17.8. The largest absolute Gasteiger partial charge is 0.460 e. The molecule has 0 aliphatic heterocycles. The van der Waals surface area contributed by atoms with E-state index in [1.165, 1.54) is 0 Å². The van der Waals surface area contributed by atoms with Gasteiger partial charge in [-0.25, -0.2) is 4.79 Å². The van der Waals surface area contributed by atoms with E-state index >= 15 is 0 Å². The molecule has 0 amide bonds. The van der Waals surface area contributed by atoms with Crippen LogP contribution in [0.4, 0.5) is 5.69 Å². The average Bonchev–Trinajstić information content (AvgIpc) is 2.58. The van der Waals surface area contributed by atoms with Gasteiger partial charge in [0.05, 0.1) is 5.02 Å². The summed E-state index contributed by atoms with van der Waals surface area (Å²) in [4.78, 5) is 24.0. The number of carbonyl (C=O) groups excluding carboxylic acids is 2. The minimum atomic E-state index is -0.433. The Morgan fingerprint density at radius 2 is 1.71 bits per heavy atom. The Morgan fingerprint density at radius 1 is 1.08 bits per heavy atom. The number of ketones is 1. The number of hydrogen-bond acceptors (Lipinski definition) is 4. The first-order chi connectivity index (χ1) is 11.5. The molecule has 0 saturated carbocycles. The van der Waals surface area contributed by atoms with E-state index in [9.17, 15) is 9.59 Å². The summed E-state index contributed by atoms with van der Waals surface area (Å²) >= 11 is 6.11. The Kier molecular flexibility index (Phi) is 6.15. The highest BCUT2D eigenvalue weighted by Crippen LogP contribution is 2.23. The zero-order valence-electron chi connectivity index (χ0n) is 13.3. The molecule has 0 unspecified atom stereocenters. The molecule has 0 fully saturated rings. The van der Waals surface area contributed by atoms with E-state index in [0.29, 0.717) is 34.0 Å². The Balaban J connectivity index is 2.08. The van der Waals surface area contributed by atoms with Gasteiger partial charge in [-0.2, -0.15) is 0 Å². The predicted octanol–water partition coefficient (Wildman–Crippen LogP) is 4.10. The van der Waals surface area contributed by atoms with Crippen molar-refractivity contribution in [3.63, 3.8) is 0 Å². The molecule has 0 saturated heterocycles. The van der Waals surface area contributed by atoms with E-state index in [-0.39, 0.29) is 12.4 Å². The van der Waals surface area contributed by atoms with Crippen molar-refractivity contribution in [3.8, 4) is 0 Å². The van der Waals surface area contributed by atoms with Gasteiger partial charge in [-0.3, -0.25) is 4.79 Å². The van der Waals surface area contributed by atoms with Gasteiger partial charge >= 0.3 is 5.97 Å². The van der Waals surface area contributed by atoms with E-state index in [4.69, 9.17) is 16.3 Å². The second kappa shape index (κ2) is 8.31. The van der Waals surface area contributed by atoms with Gasteiger partial charge in [-0.05, 0) is 31.2 Å². The molecule has 0 radical (unpaired) electrons. The molecule has 0 aromatic heterocycles. The second-order valence-corrected chi connectivity index (χ2v) is 5.60. The molecule has 124 valence electrons. The number of nitrogens with one attached hydrogen (secondary N) is 1. The maximum absolute atomic E-state index is 12.7. The highest BCUT2D eigenvalue weighted by atomic mass is 35.5. The van der Waals surface area contributed by atoms with Crippen LogP contribution in [0.1, 0.15) is 22.8 Å². The van der Waals surface area contributed by atoms with Crippen molar-refractivity contribution in [2.45, 2.75) is 6.92 Å². The van der Waals surface area contributed by atoms with Crippen LogP contribution in [0, 0.1) is 0 Å². The first-order valence-corrected chi connectivity index (χ1v) is 7.83. The van der Waals surface area contributed by atoms with Crippen molar-refractivity contribution in [1.82, 2.24) is 0 Å². The van der Waals surface area contributed by atoms with Gasteiger partial charge in [0.2, 0.25) is 0 Å². The molecule has 0 spiro atoms. The first-order valence-electron chi connectivity index (χ1n) is 7.45. The molecule has 2 aromatic carbocycles. The molecular weight excluding hydrogens is 326 g/mol. The van der Waals surface area contributed by atoms with Crippen molar-refractivity contribution in [1.29, 1.82) is 0 Å². The van der Waals surface area contributed by atoms with E-state index in [1.807, 2.05) is 6.07 Å². The minimum absolute atomic E-state index is 0.164. The number of esters is 1. The summed E-state index contributed by atoms with van der Waals surface area (Å²) in [6.07, 6.45) is 0. The Morgan fingerprint density at radius 3 is 2.38 bits per heavy atom. The van der Waals surface area contributed by atoms with E-state index in [0.717, 1.165) is 0 Å². The standard InChI is InChI=1S/C19H18ClNO3/c1-13(2)19(23)24-12-11-21-17-10-6-4-8-15(17)18(22)14-7-3-5-9-16(14)20/h3-10,21H,1,11-12H2,2H3. The van der Waals surface area contributed by atoms with Crippen molar-refractivity contribution in [3.05, 3.63) is 76.8 Å². The lowest BCUT2D eigenvalue weighted by Crippen LogP contribution is -2.16. The van der Waals surface area contributed by atoms with E-state index < -0.39 is 5.97 Å². The summed E-state index contributed by atoms with van der Waals surface area (Å²) < 4.78 is 5.02. The number of ether oxygens (including phenoxy) is 1. The van der Waals surface area contributed by atoms with Crippen LogP contribution < -0.4 is 5.32 Å². The monoisotopic (exact) mass is 343 g/mol. The molecule has 1 N–H and O–H groups in total. The average molecular weight is 344 g/mol. The smallest absolute Gasteiger partial charge is 0.333 e. The van der Waals surface area contributed by atoms with Gasteiger partial charge in [-0.1, -0.05) is 42.4 Å². The third-order valence-corrected chi connectivity index (χ3v) is 3.62. The third kappa shape index (κ3) is 4.46. The van der Waals surface area contributed by atoms with Gasteiger partial charge in [0, 0.05) is 28.9 Å². The highest BCUT2D eigenvalue weighted by Gasteiger charge is 2.15. The van der Waals surface area contributed by atoms with Crippen molar-refractivity contribution in [2.24, 2.45) is 0 Å². The molecule has 0 bridgehead atoms. The molecule has 5 heteroatoms. The summed E-state index contributed by atoms with van der Waals surface area (Å²) in [5.74, 6) is -0.597. The van der Waals surface area contributed by atoms with Crippen LogP contribution in [0.5, 0.6) is 0 Å². The van der Waals surface area contributed by atoms with Gasteiger partial charge in [0.15, 0.2) is 5.78 Å². The molecular formula is C19H18ClNO3. The number of para-hydroxylation sites is 1. The van der Waals surface area contributed by atoms with Crippen LogP contribution in [-0.4, -0.2) is 24.9 Å². The zero-order valence-corrected chi connectivity index (χ0v) is 14.1. The van der Waals surface area contributed by atoms with Gasteiger partial charge < -0.3 is 10.1 Å². The fourth-order valence-corrected chi connectivity index (χ4v) is 2.30. The molecule has 0 heterocycles. The molecule has 0 aliphatic carbocycles. The lowest BCUT2D eigenvalue weighted by Gasteiger charge is -2.12. The minimum Gasteiger partial charge on any atom is -0.460 e. The maximum Gasteiger partial charge on any atom is 0.333 e. The van der Waals surface area contributed by atoms with E-state index in [2.05, 4.69) is 11.9 Å². The van der Waals surface area contributed by atoms with Crippen LogP contribution >= 0.6 is 11.6 Å². The Bertz CT molecular complexity index is 771. The highest BCUT2D eigenvalue weighted by molar-refractivity contribution is 6.35. The van der Waals surface area contributed by atoms with Gasteiger partial charge in [0.25, 0.3) is 0 Å². The Labute approximate surface area is 146 Å². The molecule has 0 aliphatic rings. The predicted molar refractivity (Wildman–Crippen MR) is 95.6 cm³/mol. The van der Waals surface area contributed by atoms with Crippen molar-refractivity contribution >= 4 is 29.0 Å². The topological polar surface area (TPSA) is 55.4 Å². The lowest BCUT2D eigenvalue weighted by atomic mass is 10.0. The third-order valence-electron chi connectivity index (χ3n) is 3.29. The Hall–Kier alpha value is -2.59. The zero-order chi connectivity index (χ0) is 17.5. The summed E-state index contributed by atoms with van der Waals surface area (Å²) in [6, 6.07) is 14.1. The van der Waals surface area contributed by atoms with Crippen LogP contribution in [0.15, 0.2) is 60.7 Å². The van der Waals surface area contributed by atoms with Crippen LogP contribution in [-0.2, 0) is 9.53 Å². The SMILES string of the molecule is C=C(C)C(=O)OCCNc1ccccc1C(=O)c1ccccc1Cl. The molecule has 0 atom stereocenters. The fraction of sp³-hybridized carbons (Fsp3) is 0.158. The molecule has 2 aromatic rings. The summed E-state index contributed by atoms with van der Waals surface area (Å²) in [5.41, 5.74) is 1.97. The van der Waals surface area contributed by atoms with Crippen LogP contribution in [0.25, 0.3) is 0 Å². The molecule has 2 rings (SSSR count). The van der Waals surface area contributed by atoms with Gasteiger partial charge in [-0.15, -0.1) is 0 Å². The number of hydrogen-bond donors (Lipinski definition) is 1. The maximum atomic E-state index is 12.7. The fourth-order valence-electron chi connectivity index (χ4n) is 2.08. The number of halogens is 1. The molecule has 24 heavy (non-hydrogen) atoms. The quantitative estimate of drug-likeness (QED) is 0.356. The second-order valence-electron chi connectivity index (χ2n) is 5.20. The number of carbonyl (C=O) groups is 2. The van der Waals surface area contributed by atoms with Crippen molar-refractivity contribution < 1.29 is 14.3 Å². The number of benzene rings is 2. The molecule has 4 nitrogen and oxygen atoms in total. The van der Waals surface area contributed by atoms with E-state index in [1.54, 1.807) is 49.4 Å².